The first-order chi connectivity index (χ1) is 6.12. The quantitative estimate of drug-likeness (QED) is 0.720. The highest BCUT2D eigenvalue weighted by Gasteiger charge is 2.33. The van der Waals surface area contributed by atoms with Gasteiger partial charge >= 0.3 is 0 Å². The molecular formula is C11H24N2. The van der Waals surface area contributed by atoms with Crippen LogP contribution in [0.2, 0.25) is 0 Å². The lowest BCUT2D eigenvalue weighted by Crippen LogP contribution is -2.61. The summed E-state index contributed by atoms with van der Waals surface area (Å²) in [5.41, 5.74) is 0.379. The molecule has 0 amide bonds. The van der Waals surface area contributed by atoms with Gasteiger partial charge in [-0.3, -0.25) is 4.90 Å². The van der Waals surface area contributed by atoms with E-state index in [2.05, 4.69) is 38.0 Å². The average molecular weight is 184 g/mol. The summed E-state index contributed by atoms with van der Waals surface area (Å²) >= 11 is 0. The molecule has 1 N–H and O–H groups in total. The van der Waals surface area contributed by atoms with Gasteiger partial charge in [0.05, 0.1) is 0 Å². The second-order valence-electron chi connectivity index (χ2n) is 4.60. The summed E-state index contributed by atoms with van der Waals surface area (Å²) < 4.78 is 0. The normalized spacial score (nSPS) is 36.5. The monoisotopic (exact) mass is 184 g/mol. The van der Waals surface area contributed by atoms with Gasteiger partial charge in [0.15, 0.2) is 0 Å². The van der Waals surface area contributed by atoms with Crippen LogP contribution >= 0.6 is 0 Å². The molecule has 0 bridgehead atoms. The van der Waals surface area contributed by atoms with Crippen molar-refractivity contribution in [3.63, 3.8) is 0 Å². The van der Waals surface area contributed by atoms with E-state index in [1.54, 1.807) is 0 Å². The largest absolute Gasteiger partial charge is 0.311 e. The van der Waals surface area contributed by atoms with Gasteiger partial charge in [-0.15, -0.1) is 0 Å². The minimum Gasteiger partial charge on any atom is -0.311 e. The molecule has 1 saturated heterocycles. The Hall–Kier alpha value is -0.0800. The van der Waals surface area contributed by atoms with Crippen LogP contribution < -0.4 is 5.32 Å². The molecule has 1 heterocycles. The minimum atomic E-state index is 0.379. The molecule has 0 spiro atoms. The van der Waals surface area contributed by atoms with Gasteiger partial charge in [0, 0.05) is 24.7 Å². The molecule has 2 unspecified atom stereocenters. The molecule has 2 nitrogen and oxygen atoms in total. The molecule has 1 aliphatic rings. The van der Waals surface area contributed by atoms with Crippen molar-refractivity contribution in [1.82, 2.24) is 10.2 Å². The van der Waals surface area contributed by atoms with E-state index < -0.39 is 0 Å². The van der Waals surface area contributed by atoms with Gasteiger partial charge in [0.25, 0.3) is 0 Å². The second-order valence-corrected chi connectivity index (χ2v) is 4.60. The average Bonchev–Trinajstić information content (AvgIpc) is 2.12. The third kappa shape index (κ3) is 2.44. The number of nitrogens with zero attached hydrogens (tertiary/aromatic N) is 1. The topological polar surface area (TPSA) is 15.3 Å². The van der Waals surface area contributed by atoms with Crippen molar-refractivity contribution in [2.24, 2.45) is 0 Å². The molecule has 0 aliphatic carbocycles. The minimum absolute atomic E-state index is 0.379. The van der Waals surface area contributed by atoms with Crippen LogP contribution in [0.5, 0.6) is 0 Å². The highest BCUT2D eigenvalue weighted by Crippen LogP contribution is 2.21. The fourth-order valence-corrected chi connectivity index (χ4v) is 2.05. The van der Waals surface area contributed by atoms with Crippen LogP contribution in [-0.4, -0.2) is 36.6 Å². The van der Waals surface area contributed by atoms with Crippen molar-refractivity contribution >= 4 is 0 Å². The Balaban J connectivity index is 2.46. The number of likely N-dealkylation sites (N-methyl/N-ethyl adjacent to an activating group) is 1. The Labute approximate surface area is 82.7 Å². The van der Waals surface area contributed by atoms with Gasteiger partial charge in [-0.25, -0.2) is 0 Å². The summed E-state index contributed by atoms with van der Waals surface area (Å²) in [5, 5.41) is 3.65. The third-order valence-electron chi connectivity index (χ3n) is 3.59. The van der Waals surface area contributed by atoms with Crippen LogP contribution in [-0.2, 0) is 0 Å². The Morgan fingerprint density at radius 3 is 2.62 bits per heavy atom. The van der Waals surface area contributed by atoms with Gasteiger partial charge in [-0.05, 0) is 26.8 Å². The van der Waals surface area contributed by atoms with Crippen molar-refractivity contribution in [1.29, 1.82) is 0 Å². The maximum absolute atomic E-state index is 3.65. The lowest BCUT2D eigenvalue weighted by molar-refractivity contribution is 0.0732. The molecular weight excluding hydrogens is 160 g/mol. The van der Waals surface area contributed by atoms with Crippen LogP contribution in [0.15, 0.2) is 0 Å². The van der Waals surface area contributed by atoms with Gasteiger partial charge in [-0.2, -0.15) is 0 Å². The highest BCUT2D eigenvalue weighted by atomic mass is 15.2. The fourth-order valence-electron chi connectivity index (χ4n) is 2.05. The summed E-state index contributed by atoms with van der Waals surface area (Å²) in [4.78, 5) is 2.52. The third-order valence-corrected chi connectivity index (χ3v) is 3.59. The zero-order valence-corrected chi connectivity index (χ0v) is 9.56. The van der Waals surface area contributed by atoms with E-state index in [1.807, 2.05) is 0 Å². The maximum atomic E-state index is 3.65. The summed E-state index contributed by atoms with van der Waals surface area (Å²) in [6, 6.07) is 0.717. The molecule has 13 heavy (non-hydrogen) atoms. The molecule has 0 aromatic carbocycles. The maximum Gasteiger partial charge on any atom is 0.0300 e. The second kappa shape index (κ2) is 4.43. The van der Waals surface area contributed by atoms with E-state index in [1.165, 1.54) is 25.8 Å². The molecule has 2 atom stereocenters. The molecule has 1 aliphatic heterocycles. The SMILES string of the molecule is CCCC1CN(C)C(C)(CC)CN1. The fraction of sp³-hybridized carbons (Fsp3) is 1.00. The molecule has 0 radical (unpaired) electrons. The van der Waals surface area contributed by atoms with Gasteiger partial charge in [0.2, 0.25) is 0 Å². The number of hydrogen-bond donors (Lipinski definition) is 1. The van der Waals surface area contributed by atoms with Gasteiger partial charge in [0.1, 0.15) is 0 Å². The first kappa shape index (κ1) is 11.0. The number of nitrogens with one attached hydrogen (secondary N) is 1. The summed E-state index contributed by atoms with van der Waals surface area (Å²) in [7, 11) is 2.26. The van der Waals surface area contributed by atoms with Crippen LogP contribution in [0, 0.1) is 0 Å². The summed E-state index contributed by atoms with van der Waals surface area (Å²) in [6.07, 6.45) is 3.83. The van der Waals surface area contributed by atoms with Crippen LogP contribution in [0.1, 0.15) is 40.0 Å². The number of rotatable bonds is 3. The molecule has 1 fully saturated rings. The van der Waals surface area contributed by atoms with Gasteiger partial charge in [-0.1, -0.05) is 20.3 Å². The highest BCUT2D eigenvalue weighted by molar-refractivity contribution is 4.93. The lowest BCUT2D eigenvalue weighted by Gasteiger charge is -2.46. The predicted octanol–water partition coefficient (Wildman–Crippen LogP) is 1.86. The van der Waals surface area contributed by atoms with E-state index >= 15 is 0 Å². The smallest absolute Gasteiger partial charge is 0.0300 e. The molecule has 0 aromatic rings. The Morgan fingerprint density at radius 2 is 2.15 bits per heavy atom. The van der Waals surface area contributed by atoms with Crippen LogP contribution in [0.25, 0.3) is 0 Å². The molecule has 78 valence electrons. The summed E-state index contributed by atoms with van der Waals surface area (Å²) in [5.74, 6) is 0. The standard InChI is InChI=1S/C11H24N2/c1-5-7-10-8-13(4)11(3,6-2)9-12-10/h10,12H,5-9H2,1-4H3. The van der Waals surface area contributed by atoms with E-state index in [0.717, 1.165) is 12.6 Å². The van der Waals surface area contributed by atoms with E-state index in [0.29, 0.717) is 5.54 Å². The Morgan fingerprint density at radius 1 is 1.46 bits per heavy atom. The first-order valence-corrected chi connectivity index (χ1v) is 5.57. The number of piperazine rings is 1. The molecule has 2 heteroatoms. The Kier molecular flexibility index (Phi) is 3.74. The van der Waals surface area contributed by atoms with Crippen molar-refractivity contribution < 1.29 is 0 Å². The van der Waals surface area contributed by atoms with Crippen LogP contribution in [0.4, 0.5) is 0 Å². The lowest BCUT2D eigenvalue weighted by atomic mass is 9.92. The Bertz CT molecular complexity index is 158. The molecule has 0 saturated carbocycles. The van der Waals surface area contributed by atoms with E-state index in [-0.39, 0.29) is 0 Å². The van der Waals surface area contributed by atoms with Crippen molar-refractivity contribution in [2.75, 3.05) is 20.1 Å². The van der Waals surface area contributed by atoms with Crippen molar-refractivity contribution in [2.45, 2.75) is 51.6 Å². The summed E-state index contributed by atoms with van der Waals surface area (Å²) in [6.45, 7) is 9.23. The van der Waals surface area contributed by atoms with Gasteiger partial charge < -0.3 is 5.32 Å². The predicted molar refractivity (Wildman–Crippen MR) is 58.0 cm³/mol. The van der Waals surface area contributed by atoms with E-state index in [4.69, 9.17) is 0 Å². The zero-order valence-electron chi connectivity index (χ0n) is 9.56. The van der Waals surface area contributed by atoms with Crippen molar-refractivity contribution in [3.8, 4) is 0 Å². The molecule has 0 aromatic heterocycles. The zero-order chi connectivity index (χ0) is 9.90. The molecule has 1 rings (SSSR count). The van der Waals surface area contributed by atoms with Crippen LogP contribution in [0.3, 0.4) is 0 Å². The van der Waals surface area contributed by atoms with E-state index in [9.17, 15) is 0 Å². The number of hydrogen-bond acceptors (Lipinski definition) is 2. The van der Waals surface area contributed by atoms with Crippen molar-refractivity contribution in [3.05, 3.63) is 0 Å². The first-order valence-electron chi connectivity index (χ1n) is 5.57.